The molecule has 1 amide bonds. The summed E-state index contributed by atoms with van der Waals surface area (Å²) in [5.41, 5.74) is 0.463. The molecule has 0 spiro atoms. The molecule has 0 radical (unpaired) electrons. The van der Waals surface area contributed by atoms with Gasteiger partial charge in [-0.05, 0) is 57.9 Å². The molecule has 4 heteroatoms. The van der Waals surface area contributed by atoms with Crippen LogP contribution in [0.3, 0.4) is 0 Å². The number of benzene rings is 1. The molecule has 2 heterocycles. The highest BCUT2D eigenvalue weighted by atomic mass is 16.4. The second-order valence-corrected chi connectivity index (χ2v) is 8.88. The molecule has 1 unspecified atom stereocenters. The molecule has 1 N–H and O–H groups in total. The molecule has 26 heavy (non-hydrogen) atoms. The van der Waals surface area contributed by atoms with Crippen LogP contribution in [-0.2, 0) is 0 Å². The zero-order chi connectivity index (χ0) is 18.9. The summed E-state index contributed by atoms with van der Waals surface area (Å²) < 4.78 is 0. The molecule has 0 aromatic heterocycles. The summed E-state index contributed by atoms with van der Waals surface area (Å²) in [6.45, 7) is 11.8. The number of rotatable bonds is 5. The van der Waals surface area contributed by atoms with Crippen LogP contribution in [0.25, 0.3) is 0 Å². The monoisotopic (exact) mass is 356 g/mol. The maximum atomic E-state index is 12.4. The Hall–Kier alpha value is -1.81. The summed E-state index contributed by atoms with van der Waals surface area (Å²) in [5.74, 6) is 0.737. The zero-order valence-corrected chi connectivity index (χ0v) is 16.3. The van der Waals surface area contributed by atoms with Crippen molar-refractivity contribution in [3.05, 3.63) is 48.6 Å². The quantitative estimate of drug-likeness (QED) is 0.760. The lowest BCUT2D eigenvalue weighted by Crippen LogP contribution is -2.66. The van der Waals surface area contributed by atoms with Gasteiger partial charge in [-0.3, -0.25) is 9.80 Å². The number of nitrogens with zero attached hydrogens (tertiary/aromatic N) is 2. The minimum Gasteiger partial charge on any atom is -0.465 e. The molecule has 1 aromatic rings. The van der Waals surface area contributed by atoms with Gasteiger partial charge in [0.1, 0.15) is 0 Å². The van der Waals surface area contributed by atoms with Gasteiger partial charge in [-0.25, -0.2) is 4.79 Å². The number of hydrogen-bond acceptors (Lipinski definition) is 2. The summed E-state index contributed by atoms with van der Waals surface area (Å²) in [6, 6.07) is 10.0. The molecular formula is C22H32N2O2. The molecule has 2 saturated heterocycles. The fourth-order valence-corrected chi connectivity index (χ4v) is 5.15. The molecular weight excluding hydrogens is 324 g/mol. The smallest absolute Gasteiger partial charge is 0.408 e. The number of piperidine rings is 2. The average molecular weight is 357 g/mol. The van der Waals surface area contributed by atoms with E-state index >= 15 is 0 Å². The van der Waals surface area contributed by atoms with Gasteiger partial charge in [0, 0.05) is 24.2 Å². The molecule has 1 aromatic carbocycles. The van der Waals surface area contributed by atoms with Crippen LogP contribution in [-0.4, -0.2) is 45.2 Å². The summed E-state index contributed by atoms with van der Waals surface area (Å²) in [7, 11) is 0. The number of amides is 1. The van der Waals surface area contributed by atoms with Gasteiger partial charge >= 0.3 is 6.09 Å². The molecule has 1 saturated carbocycles. The first-order chi connectivity index (χ1) is 12.3. The van der Waals surface area contributed by atoms with Crippen LogP contribution in [0.15, 0.2) is 43.0 Å². The highest BCUT2D eigenvalue weighted by Gasteiger charge is 2.55. The van der Waals surface area contributed by atoms with Crippen molar-refractivity contribution in [2.45, 2.75) is 63.6 Å². The first kappa shape index (κ1) is 19.0. The van der Waals surface area contributed by atoms with Gasteiger partial charge in [-0.2, -0.15) is 0 Å². The second kappa shape index (κ2) is 7.07. The van der Waals surface area contributed by atoms with Crippen molar-refractivity contribution in [1.82, 2.24) is 9.80 Å². The Labute approximate surface area is 157 Å². The van der Waals surface area contributed by atoms with Crippen molar-refractivity contribution in [2.75, 3.05) is 13.1 Å². The van der Waals surface area contributed by atoms with Crippen molar-refractivity contribution < 1.29 is 9.90 Å². The molecule has 3 aliphatic rings. The van der Waals surface area contributed by atoms with Crippen LogP contribution in [0.2, 0.25) is 0 Å². The Balaban J connectivity index is 2.16. The van der Waals surface area contributed by atoms with E-state index in [-0.39, 0.29) is 11.6 Å². The first-order valence-electron chi connectivity index (χ1n) is 9.73. The van der Waals surface area contributed by atoms with E-state index in [2.05, 4.69) is 23.6 Å². The van der Waals surface area contributed by atoms with Gasteiger partial charge in [0.2, 0.25) is 0 Å². The van der Waals surface area contributed by atoms with Gasteiger partial charge in [0.15, 0.2) is 0 Å². The van der Waals surface area contributed by atoms with E-state index in [0.717, 1.165) is 37.4 Å². The summed E-state index contributed by atoms with van der Waals surface area (Å²) in [5, 5.41) is 10.2. The Bertz CT molecular complexity index is 642. The molecule has 4 rings (SSSR count). The SMILES string of the molecule is C=CCN1CC2CCC1(C(c1ccccc1)N(C(=O)O)C(C)(C)C)CC2. The topological polar surface area (TPSA) is 43.8 Å². The number of carbonyl (C=O) groups is 1. The normalized spacial score (nSPS) is 27.1. The van der Waals surface area contributed by atoms with E-state index in [4.69, 9.17) is 0 Å². The number of carboxylic acid groups (broad SMARTS) is 1. The third-order valence-electron chi connectivity index (χ3n) is 6.24. The summed E-state index contributed by atoms with van der Waals surface area (Å²) >= 11 is 0. The largest absolute Gasteiger partial charge is 0.465 e. The Morgan fingerprint density at radius 1 is 1.35 bits per heavy atom. The summed E-state index contributed by atoms with van der Waals surface area (Å²) in [6.07, 6.45) is 5.60. The average Bonchev–Trinajstić information content (AvgIpc) is 2.60. The highest BCUT2D eigenvalue weighted by Crippen LogP contribution is 2.52. The first-order valence-corrected chi connectivity index (χ1v) is 9.73. The van der Waals surface area contributed by atoms with Crippen molar-refractivity contribution >= 4 is 6.09 Å². The van der Waals surface area contributed by atoms with E-state index < -0.39 is 11.6 Å². The van der Waals surface area contributed by atoms with Crippen molar-refractivity contribution in [3.63, 3.8) is 0 Å². The van der Waals surface area contributed by atoms with Gasteiger partial charge in [0.25, 0.3) is 0 Å². The van der Waals surface area contributed by atoms with Crippen LogP contribution in [0.4, 0.5) is 4.79 Å². The second-order valence-electron chi connectivity index (χ2n) is 8.88. The van der Waals surface area contributed by atoms with E-state index in [9.17, 15) is 9.90 Å². The van der Waals surface area contributed by atoms with Crippen LogP contribution in [0.5, 0.6) is 0 Å². The molecule has 2 aliphatic heterocycles. The third kappa shape index (κ3) is 3.27. The van der Waals surface area contributed by atoms with Crippen LogP contribution in [0.1, 0.15) is 58.1 Å². The maximum absolute atomic E-state index is 12.4. The third-order valence-corrected chi connectivity index (χ3v) is 6.24. The molecule has 1 atom stereocenters. The highest BCUT2D eigenvalue weighted by molar-refractivity contribution is 5.67. The van der Waals surface area contributed by atoms with Crippen LogP contribution >= 0.6 is 0 Å². The van der Waals surface area contributed by atoms with Gasteiger partial charge in [-0.1, -0.05) is 36.4 Å². The molecule has 4 nitrogen and oxygen atoms in total. The van der Waals surface area contributed by atoms with E-state index in [1.807, 2.05) is 45.0 Å². The standard InChI is InChI=1S/C22H32N2O2/c1-5-15-23-16-17-11-13-22(23,14-12-17)19(18-9-7-6-8-10-18)24(20(25)26)21(2,3)4/h5-10,17,19H,1,11-16H2,2-4H3,(H,25,26). The lowest BCUT2D eigenvalue weighted by molar-refractivity contribution is -0.0939. The Morgan fingerprint density at radius 2 is 1.96 bits per heavy atom. The number of fused-ring (bicyclic) bond motifs is 3. The predicted molar refractivity (Wildman–Crippen MR) is 105 cm³/mol. The van der Waals surface area contributed by atoms with E-state index in [0.29, 0.717) is 0 Å². The maximum Gasteiger partial charge on any atom is 0.408 e. The van der Waals surface area contributed by atoms with Crippen LogP contribution < -0.4 is 0 Å². The lowest BCUT2D eigenvalue weighted by atomic mass is 9.64. The molecule has 142 valence electrons. The summed E-state index contributed by atoms with van der Waals surface area (Å²) in [4.78, 5) is 16.6. The van der Waals surface area contributed by atoms with Gasteiger partial charge in [-0.15, -0.1) is 6.58 Å². The van der Waals surface area contributed by atoms with Crippen molar-refractivity contribution in [2.24, 2.45) is 5.92 Å². The number of hydrogen-bond donors (Lipinski definition) is 1. The van der Waals surface area contributed by atoms with Crippen molar-refractivity contribution in [3.8, 4) is 0 Å². The Morgan fingerprint density at radius 3 is 2.46 bits per heavy atom. The predicted octanol–water partition coefficient (Wildman–Crippen LogP) is 4.94. The van der Waals surface area contributed by atoms with Crippen molar-refractivity contribution in [1.29, 1.82) is 0 Å². The molecule has 2 bridgehead atoms. The van der Waals surface area contributed by atoms with E-state index in [1.54, 1.807) is 4.90 Å². The van der Waals surface area contributed by atoms with E-state index in [1.165, 1.54) is 12.8 Å². The molecule has 3 fully saturated rings. The Kier molecular flexibility index (Phi) is 5.16. The zero-order valence-electron chi connectivity index (χ0n) is 16.3. The molecule has 1 aliphatic carbocycles. The van der Waals surface area contributed by atoms with Gasteiger partial charge < -0.3 is 5.11 Å². The van der Waals surface area contributed by atoms with Gasteiger partial charge in [0.05, 0.1) is 6.04 Å². The van der Waals surface area contributed by atoms with Crippen LogP contribution in [0, 0.1) is 5.92 Å². The lowest BCUT2D eigenvalue weighted by Gasteiger charge is -2.61. The minimum absolute atomic E-state index is 0.157. The fourth-order valence-electron chi connectivity index (χ4n) is 5.15. The minimum atomic E-state index is -0.841. The fraction of sp³-hybridized carbons (Fsp3) is 0.591.